The zero-order valence-corrected chi connectivity index (χ0v) is 12.2. The van der Waals surface area contributed by atoms with E-state index in [1.807, 2.05) is 38.1 Å². The fourth-order valence-electron chi connectivity index (χ4n) is 3.19. The van der Waals surface area contributed by atoms with E-state index in [-0.39, 0.29) is 5.78 Å². The summed E-state index contributed by atoms with van der Waals surface area (Å²) >= 11 is 0. The number of benzene rings is 2. The highest BCUT2D eigenvalue weighted by Crippen LogP contribution is 2.25. The van der Waals surface area contributed by atoms with Crippen molar-refractivity contribution >= 4 is 5.78 Å². The molecule has 1 nitrogen and oxygen atoms in total. The van der Waals surface area contributed by atoms with Gasteiger partial charge in [-0.1, -0.05) is 30.3 Å². The number of carbonyl (C=O) groups excluding carboxylic acids is 1. The van der Waals surface area contributed by atoms with Crippen LogP contribution in [0.3, 0.4) is 0 Å². The lowest BCUT2D eigenvalue weighted by Crippen LogP contribution is -2.09. The van der Waals surface area contributed by atoms with Gasteiger partial charge in [-0.2, -0.15) is 0 Å². The molecular formula is C19H20O. The van der Waals surface area contributed by atoms with E-state index in [2.05, 4.69) is 12.1 Å². The number of carbonyl (C=O) groups is 1. The van der Waals surface area contributed by atoms with Gasteiger partial charge in [-0.25, -0.2) is 0 Å². The second kappa shape index (κ2) is 5.24. The van der Waals surface area contributed by atoms with Gasteiger partial charge in [0.05, 0.1) is 0 Å². The molecule has 3 rings (SSSR count). The lowest BCUT2D eigenvalue weighted by Gasteiger charge is -2.17. The van der Waals surface area contributed by atoms with Crippen LogP contribution >= 0.6 is 0 Å². The van der Waals surface area contributed by atoms with Gasteiger partial charge < -0.3 is 0 Å². The maximum absolute atomic E-state index is 12.8. The molecule has 0 spiro atoms. The van der Waals surface area contributed by atoms with Gasteiger partial charge in [-0.3, -0.25) is 4.79 Å². The molecular weight excluding hydrogens is 244 g/mol. The number of aryl methyl sites for hydroxylation is 4. The molecule has 0 fully saturated rings. The highest BCUT2D eigenvalue weighted by atomic mass is 16.1. The summed E-state index contributed by atoms with van der Waals surface area (Å²) in [5.41, 5.74) is 6.62. The molecule has 0 radical (unpaired) electrons. The maximum atomic E-state index is 12.8. The fourth-order valence-corrected chi connectivity index (χ4v) is 3.19. The Morgan fingerprint density at radius 2 is 1.55 bits per heavy atom. The molecule has 0 atom stereocenters. The van der Waals surface area contributed by atoms with Crippen molar-refractivity contribution in [1.82, 2.24) is 0 Å². The predicted octanol–water partition coefficient (Wildman–Crippen LogP) is 4.41. The molecule has 20 heavy (non-hydrogen) atoms. The second-order valence-electron chi connectivity index (χ2n) is 5.79. The van der Waals surface area contributed by atoms with Crippen LogP contribution in [-0.2, 0) is 12.8 Å². The molecule has 0 aromatic heterocycles. The largest absolute Gasteiger partial charge is 0.289 e. The van der Waals surface area contributed by atoms with E-state index in [4.69, 9.17) is 0 Å². The first-order valence-electron chi connectivity index (χ1n) is 7.39. The van der Waals surface area contributed by atoms with E-state index >= 15 is 0 Å². The van der Waals surface area contributed by atoms with Gasteiger partial charge >= 0.3 is 0 Å². The van der Waals surface area contributed by atoms with Crippen molar-refractivity contribution in [3.63, 3.8) is 0 Å². The quantitative estimate of drug-likeness (QED) is 0.734. The zero-order valence-electron chi connectivity index (χ0n) is 12.2. The van der Waals surface area contributed by atoms with E-state index < -0.39 is 0 Å². The van der Waals surface area contributed by atoms with Crippen molar-refractivity contribution in [3.8, 4) is 0 Å². The average Bonchev–Trinajstić information content (AvgIpc) is 2.46. The fraction of sp³-hybridized carbons (Fsp3) is 0.316. The molecule has 0 amide bonds. The van der Waals surface area contributed by atoms with Crippen molar-refractivity contribution in [2.45, 2.75) is 39.5 Å². The molecule has 0 N–H and O–H groups in total. The molecule has 0 aliphatic heterocycles. The van der Waals surface area contributed by atoms with Gasteiger partial charge in [0.25, 0.3) is 0 Å². The zero-order chi connectivity index (χ0) is 14.1. The average molecular weight is 264 g/mol. The normalized spacial score (nSPS) is 13.9. The molecule has 2 aromatic rings. The summed E-state index contributed by atoms with van der Waals surface area (Å²) in [6.45, 7) is 4.03. The Balaban J connectivity index is 2.03. The first-order chi connectivity index (χ1) is 9.66. The second-order valence-corrected chi connectivity index (χ2v) is 5.79. The van der Waals surface area contributed by atoms with Gasteiger partial charge in [0, 0.05) is 11.1 Å². The number of ketones is 1. The Morgan fingerprint density at radius 3 is 2.25 bits per heavy atom. The molecule has 0 heterocycles. The van der Waals surface area contributed by atoms with Gasteiger partial charge in [-0.05, 0) is 67.9 Å². The Kier molecular flexibility index (Phi) is 3.43. The topological polar surface area (TPSA) is 17.1 Å². The van der Waals surface area contributed by atoms with Gasteiger partial charge in [0.2, 0.25) is 0 Å². The minimum Gasteiger partial charge on any atom is -0.289 e. The smallest absolute Gasteiger partial charge is 0.193 e. The van der Waals surface area contributed by atoms with Crippen LogP contribution in [0.2, 0.25) is 0 Å². The number of hydrogen-bond donors (Lipinski definition) is 0. The van der Waals surface area contributed by atoms with Crippen LogP contribution in [-0.4, -0.2) is 5.78 Å². The maximum Gasteiger partial charge on any atom is 0.193 e. The first kappa shape index (κ1) is 13.1. The Labute approximate surface area is 120 Å². The molecule has 2 aromatic carbocycles. The van der Waals surface area contributed by atoms with Crippen LogP contribution in [0.25, 0.3) is 0 Å². The number of hydrogen-bond acceptors (Lipinski definition) is 1. The van der Waals surface area contributed by atoms with Crippen molar-refractivity contribution in [2.24, 2.45) is 0 Å². The van der Waals surface area contributed by atoms with Crippen molar-refractivity contribution < 1.29 is 4.79 Å². The summed E-state index contributed by atoms with van der Waals surface area (Å²) in [5.74, 6) is 0.161. The highest BCUT2D eigenvalue weighted by molar-refractivity contribution is 6.10. The van der Waals surface area contributed by atoms with Crippen molar-refractivity contribution in [3.05, 3.63) is 69.8 Å². The van der Waals surface area contributed by atoms with Crippen LogP contribution in [0.15, 0.2) is 36.4 Å². The van der Waals surface area contributed by atoms with E-state index in [1.54, 1.807) is 0 Å². The Bertz CT molecular complexity index is 647. The minimum absolute atomic E-state index is 0.161. The van der Waals surface area contributed by atoms with E-state index in [0.29, 0.717) is 0 Å². The highest BCUT2D eigenvalue weighted by Gasteiger charge is 2.16. The summed E-state index contributed by atoms with van der Waals surface area (Å²) in [6, 6.07) is 12.3. The predicted molar refractivity (Wildman–Crippen MR) is 82.4 cm³/mol. The van der Waals surface area contributed by atoms with Gasteiger partial charge in [0.15, 0.2) is 5.78 Å². The summed E-state index contributed by atoms with van der Waals surface area (Å²) < 4.78 is 0. The molecule has 1 aliphatic rings. The summed E-state index contributed by atoms with van der Waals surface area (Å²) in [4.78, 5) is 12.8. The van der Waals surface area contributed by atoms with E-state index in [1.165, 1.54) is 24.0 Å². The van der Waals surface area contributed by atoms with Crippen LogP contribution in [0.4, 0.5) is 0 Å². The number of rotatable bonds is 2. The van der Waals surface area contributed by atoms with Crippen LogP contribution in [0, 0.1) is 13.8 Å². The van der Waals surface area contributed by atoms with Crippen LogP contribution < -0.4 is 0 Å². The third-order valence-electron chi connectivity index (χ3n) is 4.32. The van der Waals surface area contributed by atoms with E-state index in [9.17, 15) is 4.79 Å². The molecule has 0 saturated heterocycles. The number of fused-ring (bicyclic) bond motifs is 1. The molecule has 1 aliphatic carbocycles. The standard InChI is InChI=1S/C19H20O/c1-13-6-5-7-14(2)18(13)19(20)17-11-10-15-8-3-4-9-16(15)12-17/h5-7,10-12H,3-4,8-9H2,1-2H3. The van der Waals surface area contributed by atoms with Gasteiger partial charge in [0.1, 0.15) is 0 Å². The SMILES string of the molecule is Cc1cccc(C)c1C(=O)c1ccc2c(c1)CCCC2. The Morgan fingerprint density at radius 1 is 0.900 bits per heavy atom. The molecule has 0 unspecified atom stereocenters. The molecule has 1 heteroatoms. The summed E-state index contributed by atoms with van der Waals surface area (Å²) in [5, 5.41) is 0. The lowest BCUT2D eigenvalue weighted by molar-refractivity contribution is 0.103. The molecule has 0 saturated carbocycles. The molecule has 102 valence electrons. The molecule has 0 bridgehead atoms. The van der Waals surface area contributed by atoms with Crippen molar-refractivity contribution in [2.75, 3.05) is 0 Å². The minimum atomic E-state index is 0.161. The lowest BCUT2D eigenvalue weighted by atomic mass is 9.88. The van der Waals surface area contributed by atoms with Crippen molar-refractivity contribution in [1.29, 1.82) is 0 Å². The first-order valence-corrected chi connectivity index (χ1v) is 7.39. The van der Waals surface area contributed by atoms with Gasteiger partial charge in [-0.15, -0.1) is 0 Å². The van der Waals surface area contributed by atoms with Crippen LogP contribution in [0.1, 0.15) is 51.0 Å². The summed E-state index contributed by atoms with van der Waals surface area (Å²) in [7, 11) is 0. The third-order valence-corrected chi connectivity index (χ3v) is 4.32. The third kappa shape index (κ3) is 2.29. The van der Waals surface area contributed by atoms with Crippen LogP contribution in [0.5, 0.6) is 0 Å². The Hall–Kier alpha value is -1.89. The monoisotopic (exact) mass is 264 g/mol. The summed E-state index contributed by atoms with van der Waals surface area (Å²) in [6.07, 6.45) is 4.79. The van der Waals surface area contributed by atoms with E-state index in [0.717, 1.165) is 35.1 Å².